The lowest BCUT2D eigenvalue weighted by molar-refractivity contribution is 0.340. The molecule has 6 rings (SSSR count). The highest BCUT2D eigenvalue weighted by Crippen LogP contribution is 2.33. The SMILES string of the molecule is BC=C(c1ccccc1)c1ccccc1.CCOc1cccc([SiH2]C(c2ccccc2)(c2ccccc2)n2ccnc2)c1. The van der Waals surface area contributed by atoms with Crippen LogP contribution in [0.2, 0.25) is 0 Å². The van der Waals surface area contributed by atoms with Crippen molar-refractivity contribution >= 4 is 28.1 Å². The highest BCUT2D eigenvalue weighted by molar-refractivity contribution is 6.57. The first kappa shape index (κ1) is 29.6. The van der Waals surface area contributed by atoms with Crippen LogP contribution in [-0.2, 0) is 5.16 Å². The van der Waals surface area contributed by atoms with Crippen molar-refractivity contribution < 1.29 is 4.74 Å². The lowest BCUT2D eigenvalue weighted by Crippen LogP contribution is -2.46. The van der Waals surface area contributed by atoms with Crippen LogP contribution in [0.3, 0.4) is 0 Å². The van der Waals surface area contributed by atoms with E-state index in [4.69, 9.17) is 4.74 Å². The van der Waals surface area contributed by atoms with Crippen molar-refractivity contribution in [2.45, 2.75) is 12.1 Å². The van der Waals surface area contributed by atoms with Gasteiger partial charge in [-0.1, -0.05) is 139 Å². The minimum absolute atomic E-state index is 0.260. The first-order chi connectivity index (χ1) is 21.2. The van der Waals surface area contributed by atoms with Crippen molar-refractivity contribution in [3.63, 3.8) is 0 Å². The van der Waals surface area contributed by atoms with Gasteiger partial charge in [0, 0.05) is 12.4 Å². The van der Waals surface area contributed by atoms with E-state index in [0.717, 1.165) is 5.75 Å². The van der Waals surface area contributed by atoms with Crippen LogP contribution >= 0.6 is 0 Å². The minimum Gasteiger partial charge on any atom is -0.494 e. The summed E-state index contributed by atoms with van der Waals surface area (Å²) in [4.78, 5) is 4.39. The number of benzene rings is 5. The minimum atomic E-state index is -0.865. The first-order valence-corrected chi connectivity index (χ1v) is 16.2. The molecule has 0 spiro atoms. The Morgan fingerprint density at radius 2 is 1.28 bits per heavy atom. The molecule has 5 aromatic carbocycles. The Labute approximate surface area is 258 Å². The average Bonchev–Trinajstić information content (AvgIpc) is 3.62. The molecule has 0 unspecified atom stereocenters. The van der Waals surface area contributed by atoms with E-state index < -0.39 is 9.52 Å². The van der Waals surface area contributed by atoms with Gasteiger partial charge in [-0.05, 0) is 46.9 Å². The van der Waals surface area contributed by atoms with Crippen LogP contribution in [0.5, 0.6) is 5.75 Å². The second kappa shape index (κ2) is 14.9. The molecular weight excluding hydrogens is 539 g/mol. The van der Waals surface area contributed by atoms with E-state index in [1.807, 2.05) is 37.6 Å². The molecule has 0 atom stereocenters. The smallest absolute Gasteiger partial charge is 0.130 e. The molecule has 0 N–H and O–H groups in total. The summed E-state index contributed by atoms with van der Waals surface area (Å²) in [5.41, 5.74) is 6.40. The number of hydrogen-bond donors (Lipinski definition) is 0. The van der Waals surface area contributed by atoms with Gasteiger partial charge in [0.1, 0.15) is 13.6 Å². The third-order valence-corrected chi connectivity index (χ3v) is 10.1. The summed E-state index contributed by atoms with van der Waals surface area (Å²) in [5, 5.41) is 1.09. The lowest BCUT2D eigenvalue weighted by Gasteiger charge is -2.37. The molecule has 0 aliphatic heterocycles. The Morgan fingerprint density at radius 1 is 0.744 bits per heavy atom. The van der Waals surface area contributed by atoms with Crippen LogP contribution in [0.4, 0.5) is 0 Å². The van der Waals surface area contributed by atoms with Gasteiger partial charge in [0.2, 0.25) is 0 Å². The highest BCUT2D eigenvalue weighted by Gasteiger charge is 2.36. The van der Waals surface area contributed by atoms with Gasteiger partial charge in [0.05, 0.1) is 27.6 Å². The fourth-order valence-corrected chi connectivity index (χ4v) is 8.01. The second-order valence-electron chi connectivity index (χ2n) is 10.3. The highest BCUT2D eigenvalue weighted by atomic mass is 28.2. The lowest BCUT2D eigenvalue weighted by atomic mass is 9.92. The van der Waals surface area contributed by atoms with Crippen LogP contribution in [0, 0.1) is 0 Å². The zero-order chi connectivity index (χ0) is 29.7. The van der Waals surface area contributed by atoms with Gasteiger partial charge in [-0.2, -0.15) is 0 Å². The number of hydrogen-bond acceptors (Lipinski definition) is 2. The van der Waals surface area contributed by atoms with Crippen LogP contribution in [0.1, 0.15) is 29.2 Å². The van der Waals surface area contributed by atoms with E-state index in [0.29, 0.717) is 6.61 Å². The second-order valence-corrected chi connectivity index (χ2v) is 12.4. The Balaban J connectivity index is 0.000000207. The molecule has 0 saturated carbocycles. The molecule has 5 heteroatoms. The molecular formula is C38H37BN2OSi. The van der Waals surface area contributed by atoms with Crippen molar-refractivity contribution in [2.75, 3.05) is 6.61 Å². The van der Waals surface area contributed by atoms with Gasteiger partial charge >= 0.3 is 0 Å². The van der Waals surface area contributed by atoms with E-state index in [1.54, 1.807) is 0 Å². The summed E-state index contributed by atoms with van der Waals surface area (Å²) in [6.45, 7) is 2.70. The molecule has 0 aliphatic rings. The van der Waals surface area contributed by atoms with Crippen LogP contribution < -0.4 is 9.92 Å². The third kappa shape index (κ3) is 7.14. The molecule has 1 heterocycles. The maximum absolute atomic E-state index is 5.77. The molecule has 0 amide bonds. The molecule has 0 radical (unpaired) electrons. The predicted octanol–water partition coefficient (Wildman–Crippen LogP) is 6.23. The van der Waals surface area contributed by atoms with Crippen molar-refractivity contribution in [1.29, 1.82) is 0 Å². The number of rotatable bonds is 9. The Bertz CT molecular complexity index is 1610. The maximum Gasteiger partial charge on any atom is 0.130 e. The van der Waals surface area contributed by atoms with Gasteiger partial charge in [0.15, 0.2) is 0 Å². The van der Waals surface area contributed by atoms with E-state index in [9.17, 15) is 0 Å². The zero-order valence-corrected chi connectivity index (χ0v) is 26.3. The normalized spacial score (nSPS) is 11.0. The molecule has 0 aliphatic carbocycles. The van der Waals surface area contributed by atoms with Gasteiger partial charge in [-0.3, -0.25) is 0 Å². The summed E-state index contributed by atoms with van der Waals surface area (Å²) in [5.74, 6) is 3.10. The summed E-state index contributed by atoms with van der Waals surface area (Å²) in [6, 6.07) is 51.0. The van der Waals surface area contributed by atoms with Crippen molar-refractivity contribution in [1.82, 2.24) is 9.55 Å². The summed E-state index contributed by atoms with van der Waals surface area (Å²) in [7, 11) is 1.21. The number of aromatic nitrogens is 2. The maximum atomic E-state index is 5.77. The summed E-state index contributed by atoms with van der Waals surface area (Å²) in [6.07, 6.45) is 5.89. The summed E-state index contributed by atoms with van der Waals surface area (Å²) >= 11 is 0. The molecule has 6 aromatic rings. The van der Waals surface area contributed by atoms with Crippen molar-refractivity contribution in [3.05, 3.63) is 193 Å². The molecule has 3 nitrogen and oxygen atoms in total. The summed E-state index contributed by atoms with van der Waals surface area (Å²) < 4.78 is 8.04. The van der Waals surface area contributed by atoms with E-state index in [-0.39, 0.29) is 5.16 Å². The van der Waals surface area contributed by atoms with Gasteiger partial charge in [-0.15, -0.1) is 5.98 Å². The predicted molar refractivity (Wildman–Crippen MR) is 186 cm³/mol. The van der Waals surface area contributed by atoms with E-state index in [2.05, 4.69) is 157 Å². The molecule has 1 aromatic heterocycles. The Kier molecular flexibility index (Phi) is 10.2. The topological polar surface area (TPSA) is 27.1 Å². The van der Waals surface area contributed by atoms with Crippen molar-refractivity contribution in [3.8, 4) is 5.75 Å². The standard InChI is InChI=1S/C24H24N2OSi.C14H13B/c1-2-27-22-14-9-15-23(18-22)28-24(26-17-16-25-19-26,20-10-5-3-6-11-20)21-12-7-4-8-13-21;15-11-14(12-7-3-1-4-8-12)13-9-5-2-6-10-13/h3-19H,2,28H2,1H3;1-11H,15H2. The van der Waals surface area contributed by atoms with E-state index >= 15 is 0 Å². The first-order valence-electron chi connectivity index (χ1n) is 14.8. The van der Waals surface area contributed by atoms with Crippen LogP contribution in [0.25, 0.3) is 5.57 Å². The fraction of sp³-hybridized carbons (Fsp3) is 0.0789. The van der Waals surface area contributed by atoms with E-state index in [1.165, 1.54) is 33.0 Å². The third-order valence-electron chi connectivity index (χ3n) is 7.58. The average molecular weight is 577 g/mol. The van der Waals surface area contributed by atoms with Gasteiger partial charge < -0.3 is 9.30 Å². The number of nitrogens with zero attached hydrogens (tertiary/aromatic N) is 2. The molecule has 212 valence electrons. The quantitative estimate of drug-likeness (QED) is 0.191. The fourth-order valence-electron chi connectivity index (χ4n) is 5.62. The monoisotopic (exact) mass is 576 g/mol. The van der Waals surface area contributed by atoms with Crippen LogP contribution in [0.15, 0.2) is 170 Å². The van der Waals surface area contributed by atoms with Gasteiger partial charge in [0.25, 0.3) is 0 Å². The Hall–Kier alpha value is -4.87. The zero-order valence-electron chi connectivity index (χ0n) is 24.9. The molecule has 0 bridgehead atoms. The largest absolute Gasteiger partial charge is 0.494 e. The number of imidazole rings is 1. The van der Waals surface area contributed by atoms with Crippen LogP contribution in [-0.4, -0.2) is 33.5 Å². The van der Waals surface area contributed by atoms with Gasteiger partial charge in [-0.25, -0.2) is 4.98 Å². The molecule has 0 fully saturated rings. The number of ether oxygens (including phenoxy) is 1. The molecule has 0 saturated heterocycles. The van der Waals surface area contributed by atoms with Crippen molar-refractivity contribution in [2.24, 2.45) is 0 Å². The molecule has 43 heavy (non-hydrogen) atoms. The Morgan fingerprint density at radius 3 is 1.74 bits per heavy atom.